The van der Waals surface area contributed by atoms with E-state index < -0.39 is 0 Å². The van der Waals surface area contributed by atoms with Crippen molar-refractivity contribution in [3.8, 4) is 0 Å². The molecule has 5 nitrogen and oxygen atoms in total. The van der Waals surface area contributed by atoms with Crippen molar-refractivity contribution in [2.45, 2.75) is 38.1 Å². The molecule has 1 aliphatic heterocycles. The Hall–Kier alpha value is -1.04. The molecule has 1 aromatic heterocycles. The molecule has 3 N–H and O–H groups in total. The second kappa shape index (κ2) is 9.30. The Morgan fingerprint density at radius 1 is 1.30 bits per heavy atom. The van der Waals surface area contributed by atoms with Gasteiger partial charge in [-0.2, -0.15) is 0 Å². The Labute approximate surface area is 150 Å². The molecule has 2 fully saturated rings. The number of amides is 1. The summed E-state index contributed by atoms with van der Waals surface area (Å²) in [6.07, 6.45) is 7.72. The molecule has 7 heteroatoms. The molecule has 1 saturated heterocycles. The fourth-order valence-corrected chi connectivity index (χ4v) is 3.05. The van der Waals surface area contributed by atoms with E-state index >= 15 is 0 Å². The molecule has 1 atom stereocenters. The van der Waals surface area contributed by atoms with E-state index in [4.69, 9.17) is 5.73 Å². The number of aromatic nitrogens is 1. The number of halogens is 2. The van der Waals surface area contributed by atoms with Crippen molar-refractivity contribution in [1.82, 2.24) is 10.3 Å². The van der Waals surface area contributed by atoms with Crippen LogP contribution in [0, 0.1) is 5.92 Å². The van der Waals surface area contributed by atoms with E-state index in [-0.39, 0.29) is 36.8 Å². The predicted octanol–water partition coefficient (Wildman–Crippen LogP) is 2.38. The quantitative estimate of drug-likeness (QED) is 0.845. The molecule has 0 bridgehead atoms. The molecule has 2 aliphatic rings. The first kappa shape index (κ1) is 20.0. The number of rotatable bonds is 5. The lowest BCUT2D eigenvalue weighted by Crippen LogP contribution is -2.42. The van der Waals surface area contributed by atoms with Crippen LogP contribution in [-0.2, 0) is 0 Å². The minimum absolute atomic E-state index is 0. The van der Waals surface area contributed by atoms with Crippen LogP contribution >= 0.6 is 24.8 Å². The molecule has 0 aromatic carbocycles. The fourth-order valence-electron chi connectivity index (χ4n) is 3.05. The molecule has 2 heterocycles. The van der Waals surface area contributed by atoms with Crippen LogP contribution in [0.2, 0.25) is 0 Å². The van der Waals surface area contributed by atoms with E-state index in [1.807, 2.05) is 12.1 Å². The van der Waals surface area contributed by atoms with Crippen LogP contribution in [0.15, 0.2) is 18.3 Å². The van der Waals surface area contributed by atoms with Gasteiger partial charge < -0.3 is 16.0 Å². The average Bonchev–Trinajstić information content (AvgIpc) is 3.38. The van der Waals surface area contributed by atoms with Crippen LogP contribution in [0.4, 0.5) is 5.82 Å². The Kier molecular flexibility index (Phi) is 8.09. The van der Waals surface area contributed by atoms with E-state index in [9.17, 15) is 4.79 Å². The van der Waals surface area contributed by atoms with Crippen molar-refractivity contribution in [3.05, 3.63) is 23.9 Å². The van der Waals surface area contributed by atoms with Crippen molar-refractivity contribution in [1.29, 1.82) is 0 Å². The molecular formula is C16H26Cl2N4O. The summed E-state index contributed by atoms with van der Waals surface area (Å²) in [7, 11) is 0. The molecule has 3 rings (SSSR count). The summed E-state index contributed by atoms with van der Waals surface area (Å²) in [5.41, 5.74) is 6.46. The second-order valence-corrected chi connectivity index (χ2v) is 6.08. The van der Waals surface area contributed by atoms with Crippen LogP contribution in [0.25, 0.3) is 0 Å². The smallest absolute Gasteiger partial charge is 0.255 e. The highest BCUT2D eigenvalue weighted by atomic mass is 35.5. The zero-order valence-electron chi connectivity index (χ0n) is 13.2. The van der Waals surface area contributed by atoms with E-state index in [0.29, 0.717) is 18.0 Å². The molecule has 23 heavy (non-hydrogen) atoms. The molecule has 0 spiro atoms. The maximum atomic E-state index is 12.6. The van der Waals surface area contributed by atoms with Gasteiger partial charge in [0.1, 0.15) is 5.82 Å². The van der Waals surface area contributed by atoms with Crippen molar-refractivity contribution >= 4 is 36.5 Å². The van der Waals surface area contributed by atoms with Gasteiger partial charge in [-0.1, -0.05) is 0 Å². The molecule has 1 aliphatic carbocycles. The van der Waals surface area contributed by atoms with Crippen molar-refractivity contribution < 1.29 is 4.79 Å². The topological polar surface area (TPSA) is 71.2 Å². The standard InChI is InChI=1S/C16H24N4O.2ClH/c17-11-14(12-6-7-12)19-16(21)13-5-4-8-18-15(13)20-9-2-1-3-10-20;;/h4-5,8,12,14H,1-3,6-7,9-11,17H2,(H,19,21);2*1H. The lowest BCUT2D eigenvalue weighted by atomic mass is 10.1. The van der Waals surface area contributed by atoms with E-state index in [2.05, 4.69) is 15.2 Å². The van der Waals surface area contributed by atoms with Crippen molar-refractivity contribution in [3.63, 3.8) is 0 Å². The first-order valence-corrected chi connectivity index (χ1v) is 8.00. The summed E-state index contributed by atoms with van der Waals surface area (Å²) in [4.78, 5) is 19.3. The van der Waals surface area contributed by atoms with E-state index in [1.54, 1.807) is 6.20 Å². The number of carbonyl (C=O) groups is 1. The average molecular weight is 361 g/mol. The van der Waals surface area contributed by atoms with Gasteiger partial charge in [0.05, 0.1) is 5.56 Å². The Morgan fingerprint density at radius 3 is 2.61 bits per heavy atom. The van der Waals surface area contributed by atoms with Crippen LogP contribution in [0.3, 0.4) is 0 Å². The zero-order valence-corrected chi connectivity index (χ0v) is 14.9. The number of hydrogen-bond donors (Lipinski definition) is 2. The maximum absolute atomic E-state index is 12.6. The zero-order chi connectivity index (χ0) is 14.7. The summed E-state index contributed by atoms with van der Waals surface area (Å²) >= 11 is 0. The third kappa shape index (κ3) is 4.96. The van der Waals surface area contributed by atoms with Gasteiger partial charge in [-0.05, 0) is 50.2 Å². The number of pyridine rings is 1. The maximum Gasteiger partial charge on any atom is 0.255 e. The lowest BCUT2D eigenvalue weighted by molar-refractivity contribution is 0.0933. The van der Waals surface area contributed by atoms with E-state index in [1.165, 1.54) is 32.1 Å². The number of piperidine rings is 1. The fraction of sp³-hybridized carbons (Fsp3) is 0.625. The van der Waals surface area contributed by atoms with Gasteiger partial charge in [0.15, 0.2) is 0 Å². The summed E-state index contributed by atoms with van der Waals surface area (Å²) in [5.74, 6) is 1.35. The normalized spacial score (nSPS) is 18.4. The third-order valence-corrected chi connectivity index (χ3v) is 4.45. The van der Waals surface area contributed by atoms with Crippen LogP contribution in [0.1, 0.15) is 42.5 Å². The number of anilines is 1. The highest BCUT2D eigenvalue weighted by molar-refractivity contribution is 5.99. The van der Waals surface area contributed by atoms with Gasteiger partial charge in [-0.25, -0.2) is 4.98 Å². The van der Waals surface area contributed by atoms with Gasteiger partial charge >= 0.3 is 0 Å². The minimum Gasteiger partial charge on any atom is -0.356 e. The number of carbonyl (C=O) groups excluding carboxylic acids is 1. The molecular weight excluding hydrogens is 335 g/mol. The molecule has 0 radical (unpaired) electrons. The summed E-state index contributed by atoms with van der Waals surface area (Å²) in [6, 6.07) is 3.80. The monoisotopic (exact) mass is 360 g/mol. The first-order valence-electron chi connectivity index (χ1n) is 8.00. The van der Waals surface area contributed by atoms with Gasteiger partial charge in [-0.15, -0.1) is 24.8 Å². The number of nitrogens with one attached hydrogen (secondary N) is 1. The van der Waals surface area contributed by atoms with Crippen molar-refractivity contribution in [2.75, 3.05) is 24.5 Å². The van der Waals surface area contributed by atoms with Gasteiger partial charge in [0.2, 0.25) is 0 Å². The van der Waals surface area contributed by atoms with Gasteiger partial charge in [0.25, 0.3) is 5.91 Å². The minimum atomic E-state index is -0.0361. The molecule has 1 unspecified atom stereocenters. The number of hydrogen-bond acceptors (Lipinski definition) is 4. The molecule has 1 amide bonds. The number of nitrogens with zero attached hydrogens (tertiary/aromatic N) is 2. The lowest BCUT2D eigenvalue weighted by Gasteiger charge is -2.29. The summed E-state index contributed by atoms with van der Waals surface area (Å²) in [6.45, 7) is 2.48. The van der Waals surface area contributed by atoms with Crippen LogP contribution in [0.5, 0.6) is 0 Å². The largest absolute Gasteiger partial charge is 0.356 e. The summed E-state index contributed by atoms with van der Waals surface area (Å²) in [5, 5.41) is 3.09. The van der Waals surface area contributed by atoms with Gasteiger partial charge in [0, 0.05) is 31.9 Å². The third-order valence-electron chi connectivity index (χ3n) is 4.45. The molecule has 1 aromatic rings. The van der Waals surface area contributed by atoms with Gasteiger partial charge in [-0.3, -0.25) is 4.79 Å². The number of nitrogens with two attached hydrogens (primary N) is 1. The second-order valence-electron chi connectivity index (χ2n) is 6.08. The highest BCUT2D eigenvalue weighted by Crippen LogP contribution is 2.32. The Morgan fingerprint density at radius 2 is 2.00 bits per heavy atom. The van der Waals surface area contributed by atoms with E-state index in [0.717, 1.165) is 18.9 Å². The summed E-state index contributed by atoms with van der Waals surface area (Å²) < 4.78 is 0. The Balaban J connectivity index is 0.00000132. The van der Waals surface area contributed by atoms with Crippen LogP contribution < -0.4 is 16.0 Å². The Bertz CT molecular complexity index is 505. The first-order chi connectivity index (χ1) is 10.3. The molecule has 130 valence electrons. The molecule has 1 saturated carbocycles. The van der Waals surface area contributed by atoms with Crippen LogP contribution in [-0.4, -0.2) is 36.6 Å². The highest BCUT2D eigenvalue weighted by Gasteiger charge is 2.32. The SMILES string of the molecule is Cl.Cl.NCC(NC(=O)c1cccnc1N1CCCCC1)C1CC1. The predicted molar refractivity (Wildman–Crippen MR) is 97.8 cm³/mol. The van der Waals surface area contributed by atoms with Crippen molar-refractivity contribution in [2.24, 2.45) is 11.7 Å².